The maximum absolute atomic E-state index is 6.58. The van der Waals surface area contributed by atoms with E-state index in [1.165, 1.54) is 76.8 Å². The van der Waals surface area contributed by atoms with Gasteiger partial charge in [0.25, 0.3) is 0 Å². The average Bonchev–Trinajstić information content (AvgIpc) is 3.69. The molecule has 1 aliphatic rings. The molecule has 0 radical (unpaired) electrons. The Hall–Kier alpha value is -5.40. The van der Waals surface area contributed by atoms with Gasteiger partial charge in [-0.15, -0.1) is 0 Å². The Labute approximate surface area is 244 Å². The third kappa shape index (κ3) is 3.37. The van der Waals surface area contributed by atoms with Gasteiger partial charge in [-0.2, -0.15) is 0 Å². The van der Waals surface area contributed by atoms with E-state index in [9.17, 15) is 0 Å². The zero-order valence-corrected chi connectivity index (χ0v) is 23.0. The minimum Gasteiger partial charge on any atom is -0.455 e. The van der Waals surface area contributed by atoms with Gasteiger partial charge in [-0.25, -0.2) is 0 Å². The lowest BCUT2D eigenvalue weighted by Crippen LogP contribution is -1.91. The molecule has 1 heteroatoms. The summed E-state index contributed by atoms with van der Waals surface area (Å²) in [7, 11) is 0. The smallest absolute Gasteiger partial charge is 0.142 e. The van der Waals surface area contributed by atoms with E-state index in [2.05, 4.69) is 146 Å². The van der Waals surface area contributed by atoms with Crippen molar-refractivity contribution in [1.82, 2.24) is 0 Å². The largest absolute Gasteiger partial charge is 0.455 e. The molecule has 0 aliphatic heterocycles. The number of hydrogen-bond acceptors (Lipinski definition) is 1. The standard InChI is InChI=1S/C41H26O/c1-2-11-26(12-3-1)28-14-8-15-29(25-28)38-31-16-4-6-18-33(31)39(34-19-7-5-17-32(34)38)35-21-10-22-37-40(35)36-24-23-27-13-9-20-30(27)41(36)42-37/h1-12,14-25H,13H2. The Morgan fingerprint density at radius 2 is 1.12 bits per heavy atom. The Bertz CT molecular complexity index is 2310. The summed E-state index contributed by atoms with van der Waals surface area (Å²) in [4.78, 5) is 0. The monoisotopic (exact) mass is 534 g/mol. The summed E-state index contributed by atoms with van der Waals surface area (Å²) in [6, 6.07) is 48.4. The third-order valence-corrected chi connectivity index (χ3v) is 8.88. The zero-order chi connectivity index (χ0) is 27.6. The first kappa shape index (κ1) is 23.3. The van der Waals surface area contributed by atoms with Crippen LogP contribution in [0.4, 0.5) is 0 Å². The fourth-order valence-corrected chi connectivity index (χ4v) is 7.04. The maximum atomic E-state index is 6.58. The molecular weight excluding hydrogens is 508 g/mol. The molecule has 42 heavy (non-hydrogen) atoms. The van der Waals surface area contributed by atoms with Crippen LogP contribution < -0.4 is 0 Å². The lowest BCUT2D eigenvalue weighted by atomic mass is 9.84. The van der Waals surface area contributed by atoms with Gasteiger partial charge in [-0.1, -0.05) is 133 Å². The van der Waals surface area contributed by atoms with Crippen molar-refractivity contribution in [2.24, 2.45) is 0 Å². The van der Waals surface area contributed by atoms with Crippen LogP contribution in [-0.4, -0.2) is 0 Å². The molecule has 0 spiro atoms. The minimum absolute atomic E-state index is 0.934. The molecule has 0 atom stereocenters. The van der Waals surface area contributed by atoms with Gasteiger partial charge >= 0.3 is 0 Å². The van der Waals surface area contributed by atoms with Crippen LogP contribution in [0.25, 0.3) is 82.9 Å². The molecule has 0 amide bonds. The number of allylic oxidation sites excluding steroid dienone is 1. The van der Waals surface area contributed by atoms with E-state index in [0.29, 0.717) is 0 Å². The van der Waals surface area contributed by atoms with Crippen molar-refractivity contribution in [3.05, 3.63) is 151 Å². The molecule has 9 rings (SSSR count). The molecule has 0 unspecified atom stereocenters. The summed E-state index contributed by atoms with van der Waals surface area (Å²) in [5, 5.41) is 7.37. The van der Waals surface area contributed by atoms with Crippen LogP contribution in [-0.2, 0) is 6.42 Å². The van der Waals surface area contributed by atoms with Gasteiger partial charge in [0.15, 0.2) is 0 Å². The van der Waals surface area contributed by atoms with Gasteiger partial charge in [-0.05, 0) is 79.0 Å². The van der Waals surface area contributed by atoms with Crippen molar-refractivity contribution >= 4 is 49.6 Å². The molecule has 196 valence electrons. The van der Waals surface area contributed by atoms with Crippen LogP contribution in [0.1, 0.15) is 11.1 Å². The van der Waals surface area contributed by atoms with Crippen molar-refractivity contribution in [2.75, 3.05) is 0 Å². The first-order chi connectivity index (χ1) is 20.8. The topological polar surface area (TPSA) is 13.1 Å². The van der Waals surface area contributed by atoms with Crippen molar-refractivity contribution in [2.45, 2.75) is 6.42 Å². The normalized spacial score (nSPS) is 12.6. The molecule has 8 aromatic rings. The van der Waals surface area contributed by atoms with Crippen molar-refractivity contribution in [3.8, 4) is 33.4 Å². The summed E-state index contributed by atoms with van der Waals surface area (Å²) in [5.41, 5.74) is 11.9. The SMILES string of the molecule is C1=Cc2c(ccc3c2oc2cccc(-c4c5ccccc5c(-c5cccc(-c6ccccc6)c5)c5ccccc45)c23)C1. The van der Waals surface area contributed by atoms with Gasteiger partial charge < -0.3 is 4.42 Å². The predicted molar refractivity (Wildman–Crippen MR) is 178 cm³/mol. The minimum atomic E-state index is 0.934. The maximum Gasteiger partial charge on any atom is 0.142 e. The molecule has 0 saturated heterocycles. The highest BCUT2D eigenvalue weighted by Crippen LogP contribution is 2.47. The van der Waals surface area contributed by atoms with E-state index in [4.69, 9.17) is 4.42 Å². The van der Waals surface area contributed by atoms with E-state index in [1.54, 1.807) is 0 Å². The molecule has 7 aromatic carbocycles. The van der Waals surface area contributed by atoms with E-state index in [1.807, 2.05) is 0 Å². The second kappa shape index (κ2) is 9.06. The van der Waals surface area contributed by atoms with Crippen LogP contribution in [0, 0.1) is 0 Å². The molecule has 0 saturated carbocycles. The molecule has 0 N–H and O–H groups in total. The molecule has 0 fully saturated rings. The number of furan rings is 1. The second-order valence-electron chi connectivity index (χ2n) is 11.2. The Morgan fingerprint density at radius 3 is 1.88 bits per heavy atom. The zero-order valence-electron chi connectivity index (χ0n) is 23.0. The molecular formula is C41H26O. The van der Waals surface area contributed by atoms with Gasteiger partial charge in [0.1, 0.15) is 11.2 Å². The molecule has 1 aliphatic carbocycles. The van der Waals surface area contributed by atoms with E-state index in [0.717, 1.165) is 17.6 Å². The summed E-state index contributed by atoms with van der Waals surface area (Å²) in [6.45, 7) is 0. The second-order valence-corrected chi connectivity index (χ2v) is 11.2. The van der Waals surface area contributed by atoms with Crippen LogP contribution in [0.5, 0.6) is 0 Å². The predicted octanol–water partition coefficient (Wildman–Crippen LogP) is 11.5. The highest BCUT2D eigenvalue weighted by molar-refractivity contribution is 6.26. The number of benzene rings is 7. The Morgan fingerprint density at radius 1 is 0.476 bits per heavy atom. The summed E-state index contributed by atoms with van der Waals surface area (Å²) in [5.74, 6) is 0. The van der Waals surface area contributed by atoms with Crippen molar-refractivity contribution < 1.29 is 4.42 Å². The lowest BCUT2D eigenvalue weighted by molar-refractivity contribution is 0.668. The van der Waals surface area contributed by atoms with Gasteiger partial charge in [0.05, 0.1) is 0 Å². The lowest BCUT2D eigenvalue weighted by Gasteiger charge is -2.18. The van der Waals surface area contributed by atoms with Gasteiger partial charge in [0, 0.05) is 16.3 Å². The van der Waals surface area contributed by atoms with Crippen LogP contribution in [0.3, 0.4) is 0 Å². The summed E-state index contributed by atoms with van der Waals surface area (Å²) < 4.78 is 6.58. The number of hydrogen-bond donors (Lipinski definition) is 0. The summed E-state index contributed by atoms with van der Waals surface area (Å²) in [6.07, 6.45) is 5.41. The van der Waals surface area contributed by atoms with E-state index >= 15 is 0 Å². The third-order valence-electron chi connectivity index (χ3n) is 8.88. The van der Waals surface area contributed by atoms with Gasteiger partial charge in [-0.3, -0.25) is 0 Å². The van der Waals surface area contributed by atoms with Crippen molar-refractivity contribution in [1.29, 1.82) is 0 Å². The highest BCUT2D eigenvalue weighted by Gasteiger charge is 2.22. The van der Waals surface area contributed by atoms with Gasteiger partial charge in [0.2, 0.25) is 0 Å². The summed E-state index contributed by atoms with van der Waals surface area (Å²) >= 11 is 0. The molecule has 0 bridgehead atoms. The fraction of sp³-hybridized carbons (Fsp3) is 0.0244. The van der Waals surface area contributed by atoms with Crippen LogP contribution >= 0.6 is 0 Å². The Kier molecular flexibility index (Phi) is 5.03. The molecule has 1 nitrogen and oxygen atoms in total. The molecule has 1 aromatic heterocycles. The van der Waals surface area contributed by atoms with E-state index in [-0.39, 0.29) is 0 Å². The Balaban J connectivity index is 1.39. The van der Waals surface area contributed by atoms with Crippen LogP contribution in [0.15, 0.2) is 144 Å². The number of fused-ring (bicyclic) bond motifs is 7. The molecule has 1 heterocycles. The first-order valence-electron chi connectivity index (χ1n) is 14.6. The quantitative estimate of drug-likeness (QED) is 0.205. The van der Waals surface area contributed by atoms with Crippen molar-refractivity contribution in [3.63, 3.8) is 0 Å². The van der Waals surface area contributed by atoms with E-state index < -0.39 is 0 Å². The fourth-order valence-electron chi connectivity index (χ4n) is 7.04. The highest BCUT2D eigenvalue weighted by atomic mass is 16.3. The average molecular weight is 535 g/mol. The number of rotatable bonds is 3. The first-order valence-corrected chi connectivity index (χ1v) is 14.6. The van der Waals surface area contributed by atoms with Crippen LogP contribution in [0.2, 0.25) is 0 Å².